The first-order chi connectivity index (χ1) is 7.25. The van der Waals surface area contributed by atoms with Crippen molar-refractivity contribution < 1.29 is 0 Å². The topological polar surface area (TPSA) is 17.3 Å². The van der Waals surface area contributed by atoms with Crippen molar-refractivity contribution in [3.63, 3.8) is 0 Å². The van der Waals surface area contributed by atoms with Crippen LogP contribution in [0.2, 0.25) is 0 Å². The first-order valence-electron chi connectivity index (χ1n) is 4.51. The summed E-state index contributed by atoms with van der Waals surface area (Å²) in [6.45, 7) is 0. The van der Waals surface area contributed by atoms with Crippen LogP contribution in [0.5, 0.6) is 0 Å². The van der Waals surface area contributed by atoms with E-state index in [1.807, 2.05) is 54.4 Å². The van der Waals surface area contributed by atoms with Gasteiger partial charge in [-0.15, -0.1) is 0 Å². The van der Waals surface area contributed by atoms with Gasteiger partial charge in [0.1, 0.15) is 5.00 Å². The van der Waals surface area contributed by atoms with E-state index in [1.54, 1.807) is 0 Å². The molecule has 1 aromatic carbocycles. The van der Waals surface area contributed by atoms with E-state index >= 15 is 0 Å². The smallest absolute Gasteiger partial charge is 0.162 e. The first kappa shape index (κ1) is 10.3. The third kappa shape index (κ3) is 2.61. The zero-order valence-electron chi connectivity index (χ0n) is 8.25. The summed E-state index contributed by atoms with van der Waals surface area (Å²) in [6.07, 6.45) is 3.78. The van der Waals surface area contributed by atoms with E-state index in [0.717, 1.165) is 14.5 Å². The predicted molar refractivity (Wildman–Crippen MR) is 67.8 cm³/mol. The van der Waals surface area contributed by atoms with Gasteiger partial charge in [0, 0.05) is 19.5 Å². The fourth-order valence-electron chi connectivity index (χ4n) is 1.14. The van der Waals surface area contributed by atoms with Gasteiger partial charge in [0.15, 0.2) is 3.95 Å². The summed E-state index contributed by atoms with van der Waals surface area (Å²) in [4.78, 5) is 4.36. The molecule has 1 aromatic heterocycles. The van der Waals surface area contributed by atoms with Crippen molar-refractivity contribution >= 4 is 34.8 Å². The highest BCUT2D eigenvalue weighted by atomic mass is 32.1. The molecule has 0 unspecified atom stereocenters. The lowest BCUT2D eigenvalue weighted by Gasteiger charge is -1.89. The van der Waals surface area contributed by atoms with Crippen LogP contribution in [0.15, 0.2) is 41.5 Å². The van der Waals surface area contributed by atoms with Gasteiger partial charge in [-0.3, -0.25) is 0 Å². The van der Waals surface area contributed by atoms with Crippen LogP contribution in [-0.2, 0) is 7.05 Å². The maximum Gasteiger partial charge on any atom is 0.162 e. The molecule has 0 fully saturated rings. The number of aromatic nitrogens is 1. The van der Waals surface area contributed by atoms with Gasteiger partial charge < -0.3 is 4.57 Å². The van der Waals surface area contributed by atoms with Crippen LogP contribution in [0.25, 0.3) is 0 Å². The fraction of sp³-hybridized carbons (Fsp3) is 0.0909. The average molecular weight is 234 g/mol. The number of benzene rings is 1. The van der Waals surface area contributed by atoms with Crippen molar-refractivity contribution in [2.75, 3.05) is 0 Å². The van der Waals surface area contributed by atoms with Crippen LogP contribution in [0.3, 0.4) is 0 Å². The number of aryl methyl sites for hydroxylation is 1. The summed E-state index contributed by atoms with van der Waals surface area (Å²) in [7, 11) is 1.93. The van der Waals surface area contributed by atoms with Gasteiger partial charge in [-0.1, -0.05) is 41.7 Å². The van der Waals surface area contributed by atoms with Crippen molar-refractivity contribution in [2.45, 2.75) is 0 Å². The summed E-state index contributed by atoms with van der Waals surface area (Å²) in [5, 5.41) is 0.936. The van der Waals surface area contributed by atoms with Gasteiger partial charge in [-0.2, -0.15) is 0 Å². The van der Waals surface area contributed by atoms with E-state index in [2.05, 4.69) is 4.99 Å². The molecule has 0 N–H and O–H groups in total. The molecule has 0 aliphatic rings. The van der Waals surface area contributed by atoms with E-state index in [4.69, 9.17) is 12.2 Å². The third-order valence-electron chi connectivity index (χ3n) is 1.92. The number of nitrogens with zero attached hydrogens (tertiary/aromatic N) is 2. The Bertz CT molecular complexity index is 523. The lowest BCUT2D eigenvalue weighted by Crippen LogP contribution is -1.80. The van der Waals surface area contributed by atoms with Gasteiger partial charge in [0.25, 0.3) is 0 Å². The summed E-state index contributed by atoms with van der Waals surface area (Å²) in [5.74, 6) is 0. The Morgan fingerprint density at radius 2 is 2.07 bits per heavy atom. The molecule has 4 heteroatoms. The van der Waals surface area contributed by atoms with E-state index < -0.39 is 0 Å². The molecule has 76 valence electrons. The van der Waals surface area contributed by atoms with Gasteiger partial charge in [0.2, 0.25) is 0 Å². The van der Waals surface area contributed by atoms with E-state index in [1.165, 1.54) is 11.3 Å². The second-order valence-electron chi connectivity index (χ2n) is 3.12. The summed E-state index contributed by atoms with van der Waals surface area (Å²) >= 11 is 6.63. The van der Waals surface area contributed by atoms with Crippen LogP contribution in [0.4, 0.5) is 5.00 Å². The lowest BCUT2D eigenvalue weighted by molar-refractivity contribution is 0.920. The highest BCUT2D eigenvalue weighted by Gasteiger charge is 1.94. The van der Waals surface area contributed by atoms with Crippen molar-refractivity contribution in [3.8, 4) is 0 Å². The molecule has 1 heterocycles. The van der Waals surface area contributed by atoms with Gasteiger partial charge >= 0.3 is 0 Å². The van der Waals surface area contributed by atoms with Crippen LogP contribution in [0.1, 0.15) is 5.56 Å². The maximum atomic E-state index is 5.11. The molecule has 0 aliphatic heterocycles. The van der Waals surface area contributed by atoms with Crippen LogP contribution in [0, 0.1) is 3.95 Å². The standard InChI is InChI=1S/C11H10N2S2/c1-13-8-10(15-11(13)14)12-7-9-5-3-2-4-6-9/h2-8H,1H3/b12-7+. The maximum absolute atomic E-state index is 5.11. The Morgan fingerprint density at radius 3 is 2.67 bits per heavy atom. The SMILES string of the molecule is Cn1cc(/N=C/c2ccccc2)sc1=S. The minimum atomic E-state index is 0.843. The Morgan fingerprint density at radius 1 is 1.33 bits per heavy atom. The highest BCUT2D eigenvalue weighted by Crippen LogP contribution is 2.20. The van der Waals surface area contributed by atoms with Gasteiger partial charge in [0.05, 0.1) is 0 Å². The molecule has 0 spiro atoms. The molecule has 2 aromatic rings. The summed E-state index contributed by atoms with van der Waals surface area (Å²) < 4.78 is 2.74. The minimum Gasteiger partial charge on any atom is -0.331 e. The Balaban J connectivity index is 2.22. The third-order valence-corrected chi connectivity index (χ3v) is 3.34. The molecule has 0 aliphatic carbocycles. The average Bonchev–Trinajstić information content (AvgIpc) is 2.57. The van der Waals surface area contributed by atoms with E-state index in [-0.39, 0.29) is 0 Å². The van der Waals surface area contributed by atoms with Crippen LogP contribution >= 0.6 is 23.6 Å². The molecule has 15 heavy (non-hydrogen) atoms. The van der Waals surface area contributed by atoms with E-state index in [0.29, 0.717) is 0 Å². The highest BCUT2D eigenvalue weighted by molar-refractivity contribution is 7.73. The second-order valence-corrected chi connectivity index (χ2v) is 4.77. The minimum absolute atomic E-state index is 0.843. The molecular weight excluding hydrogens is 224 g/mol. The summed E-state index contributed by atoms with van der Waals surface area (Å²) in [5.41, 5.74) is 1.10. The number of aliphatic imine (C=N–C) groups is 1. The molecule has 0 radical (unpaired) electrons. The lowest BCUT2D eigenvalue weighted by atomic mass is 10.2. The Labute approximate surface area is 97.5 Å². The normalized spacial score (nSPS) is 11.0. The molecule has 2 nitrogen and oxygen atoms in total. The molecule has 0 bridgehead atoms. The number of rotatable bonds is 2. The molecule has 0 amide bonds. The van der Waals surface area contributed by atoms with Gasteiger partial charge in [-0.25, -0.2) is 4.99 Å². The molecule has 2 rings (SSSR count). The summed E-state index contributed by atoms with van der Waals surface area (Å²) in [6, 6.07) is 10.0. The molecule has 0 saturated carbocycles. The van der Waals surface area contributed by atoms with Crippen molar-refractivity contribution in [2.24, 2.45) is 12.0 Å². The largest absolute Gasteiger partial charge is 0.331 e. The monoisotopic (exact) mass is 234 g/mol. The molecular formula is C11H10N2S2. The van der Waals surface area contributed by atoms with Crippen molar-refractivity contribution in [1.29, 1.82) is 0 Å². The molecule has 0 atom stereocenters. The Hall–Kier alpha value is -1.26. The van der Waals surface area contributed by atoms with Crippen molar-refractivity contribution in [1.82, 2.24) is 4.57 Å². The number of hydrogen-bond acceptors (Lipinski definition) is 3. The van der Waals surface area contributed by atoms with Gasteiger partial charge in [-0.05, 0) is 17.8 Å². The zero-order chi connectivity index (χ0) is 10.7. The second kappa shape index (κ2) is 4.51. The first-order valence-corrected chi connectivity index (χ1v) is 5.74. The molecule has 0 saturated heterocycles. The predicted octanol–water partition coefficient (Wildman–Crippen LogP) is 3.57. The van der Waals surface area contributed by atoms with Crippen molar-refractivity contribution in [3.05, 3.63) is 46.0 Å². The zero-order valence-corrected chi connectivity index (χ0v) is 9.89. The fourth-order valence-corrected chi connectivity index (χ4v) is 2.14. The Kier molecular flexibility index (Phi) is 3.08. The van der Waals surface area contributed by atoms with E-state index in [9.17, 15) is 0 Å². The van der Waals surface area contributed by atoms with Crippen LogP contribution < -0.4 is 0 Å². The number of hydrogen-bond donors (Lipinski definition) is 0. The number of thiazole rings is 1. The van der Waals surface area contributed by atoms with Crippen LogP contribution in [-0.4, -0.2) is 10.8 Å². The quantitative estimate of drug-likeness (QED) is 0.573.